The quantitative estimate of drug-likeness (QED) is 0.208. The molecule has 0 nitrogen and oxygen atoms in total. The lowest BCUT2D eigenvalue weighted by Gasteiger charge is -2.26. The zero-order chi connectivity index (χ0) is 30.9. The van der Waals surface area contributed by atoms with E-state index < -0.39 is 0 Å². The van der Waals surface area contributed by atoms with Crippen molar-refractivity contribution in [3.8, 4) is 11.1 Å². The SMILES string of the molecule is Cc1ccc(-c2ccc(C)cc2)cc1.Cc1ccc(C(C)(C)C)cc1.Cc1ccc(C(C)(C)c2ccc(C)cc2)cc1. The normalized spacial score (nSPS) is 11.1. The molecule has 5 aromatic carbocycles. The van der Waals surface area contributed by atoms with Crippen LogP contribution in [0.5, 0.6) is 0 Å². The summed E-state index contributed by atoms with van der Waals surface area (Å²) in [7, 11) is 0. The van der Waals surface area contributed by atoms with Crippen LogP contribution in [0.4, 0.5) is 0 Å². The van der Waals surface area contributed by atoms with Crippen LogP contribution in [0.3, 0.4) is 0 Å². The summed E-state index contributed by atoms with van der Waals surface area (Å²) < 4.78 is 0. The molecule has 0 saturated heterocycles. The Morgan fingerprint density at radius 2 is 0.500 bits per heavy atom. The molecule has 0 N–H and O–H groups in total. The molecule has 0 spiro atoms. The molecule has 42 heavy (non-hydrogen) atoms. The topological polar surface area (TPSA) is 0 Å². The first-order chi connectivity index (χ1) is 19.8. The molecule has 0 saturated carbocycles. The molecule has 0 aromatic heterocycles. The van der Waals surface area contributed by atoms with E-state index in [4.69, 9.17) is 0 Å². The Labute approximate surface area is 256 Å². The molecule has 0 atom stereocenters. The van der Waals surface area contributed by atoms with Crippen LogP contribution in [0.25, 0.3) is 11.1 Å². The zero-order valence-electron chi connectivity index (χ0n) is 27.5. The van der Waals surface area contributed by atoms with Gasteiger partial charge in [-0.2, -0.15) is 0 Å². The Bertz CT molecular complexity index is 1400. The summed E-state index contributed by atoms with van der Waals surface area (Å²) in [5.41, 5.74) is 13.6. The van der Waals surface area contributed by atoms with Gasteiger partial charge in [0.1, 0.15) is 0 Å². The fourth-order valence-corrected chi connectivity index (χ4v) is 4.65. The van der Waals surface area contributed by atoms with Crippen LogP contribution >= 0.6 is 0 Å². The first kappa shape index (κ1) is 32.6. The second-order valence-corrected chi connectivity index (χ2v) is 13.2. The fraction of sp³-hybridized carbons (Fsp3) is 0.286. The van der Waals surface area contributed by atoms with Crippen molar-refractivity contribution < 1.29 is 0 Å². The Balaban J connectivity index is 0.000000177. The molecule has 0 aliphatic carbocycles. The Morgan fingerprint density at radius 1 is 0.286 bits per heavy atom. The van der Waals surface area contributed by atoms with Gasteiger partial charge in [-0.3, -0.25) is 0 Å². The van der Waals surface area contributed by atoms with Gasteiger partial charge in [-0.25, -0.2) is 0 Å². The Kier molecular flexibility index (Phi) is 11.1. The molecule has 0 radical (unpaired) electrons. The smallest absolute Gasteiger partial charge is 0.0146 e. The van der Waals surface area contributed by atoms with E-state index in [1.54, 1.807) is 0 Å². The molecule has 0 heterocycles. The van der Waals surface area contributed by atoms with Crippen LogP contribution in [-0.4, -0.2) is 0 Å². The summed E-state index contributed by atoms with van der Waals surface area (Å²) >= 11 is 0. The van der Waals surface area contributed by atoms with Gasteiger partial charge >= 0.3 is 0 Å². The lowest BCUT2D eigenvalue weighted by Crippen LogP contribution is -2.18. The minimum atomic E-state index is 0.0708. The van der Waals surface area contributed by atoms with E-state index >= 15 is 0 Å². The van der Waals surface area contributed by atoms with Crippen molar-refractivity contribution in [3.05, 3.63) is 166 Å². The molecular formula is C42H50. The second-order valence-electron chi connectivity index (χ2n) is 13.2. The second kappa shape index (κ2) is 14.3. The molecule has 0 fully saturated rings. The first-order valence-corrected chi connectivity index (χ1v) is 15.1. The minimum Gasteiger partial charge on any atom is -0.0590 e. The average Bonchev–Trinajstić information content (AvgIpc) is 2.95. The third-order valence-electron chi connectivity index (χ3n) is 7.90. The lowest BCUT2D eigenvalue weighted by molar-refractivity contribution is 0.590. The predicted molar refractivity (Wildman–Crippen MR) is 186 cm³/mol. The van der Waals surface area contributed by atoms with Crippen LogP contribution in [0.1, 0.15) is 79.1 Å². The minimum absolute atomic E-state index is 0.0708. The van der Waals surface area contributed by atoms with Crippen molar-refractivity contribution in [2.45, 2.75) is 80.1 Å². The number of rotatable bonds is 3. The summed E-state index contributed by atoms with van der Waals surface area (Å²) in [4.78, 5) is 0. The highest BCUT2D eigenvalue weighted by Crippen LogP contribution is 2.31. The van der Waals surface area contributed by atoms with Crippen molar-refractivity contribution in [2.75, 3.05) is 0 Å². The monoisotopic (exact) mass is 554 g/mol. The van der Waals surface area contributed by atoms with E-state index in [9.17, 15) is 0 Å². The molecule has 0 unspecified atom stereocenters. The van der Waals surface area contributed by atoms with Crippen LogP contribution < -0.4 is 0 Å². The average molecular weight is 555 g/mol. The van der Waals surface area contributed by atoms with Gasteiger partial charge in [-0.1, -0.05) is 184 Å². The molecule has 0 aliphatic rings. The molecule has 218 valence electrons. The maximum atomic E-state index is 2.28. The van der Waals surface area contributed by atoms with Gasteiger partial charge in [0.2, 0.25) is 0 Å². The van der Waals surface area contributed by atoms with Crippen LogP contribution in [0, 0.1) is 34.6 Å². The standard InChI is InChI=1S/C17H20.C14H14.C11H16/c1-13-5-9-15(10-6-13)17(3,4)16-11-7-14(2)8-12-16;1-11-3-7-13(8-4-11)14-9-5-12(2)6-10-14;1-9-5-7-10(8-6-9)11(2,3)4/h5-12H,1-4H3;3-10H,1-2H3;5-8H,1-4H3. The number of aryl methyl sites for hydroxylation is 5. The van der Waals surface area contributed by atoms with Crippen molar-refractivity contribution in [1.82, 2.24) is 0 Å². The van der Waals surface area contributed by atoms with E-state index in [0.29, 0.717) is 0 Å². The number of benzene rings is 5. The Hall–Kier alpha value is -3.90. The number of hydrogen-bond acceptors (Lipinski definition) is 0. The van der Waals surface area contributed by atoms with Crippen molar-refractivity contribution in [2.24, 2.45) is 0 Å². The summed E-state index contributed by atoms with van der Waals surface area (Å²) in [6.07, 6.45) is 0. The molecule has 0 bridgehead atoms. The highest BCUT2D eigenvalue weighted by molar-refractivity contribution is 5.63. The third kappa shape index (κ3) is 9.59. The van der Waals surface area contributed by atoms with Crippen molar-refractivity contribution in [3.63, 3.8) is 0 Å². The van der Waals surface area contributed by atoms with Gasteiger partial charge in [0, 0.05) is 5.41 Å². The van der Waals surface area contributed by atoms with Gasteiger partial charge in [0.25, 0.3) is 0 Å². The fourth-order valence-electron chi connectivity index (χ4n) is 4.65. The molecule has 0 aliphatic heterocycles. The van der Waals surface area contributed by atoms with Crippen molar-refractivity contribution in [1.29, 1.82) is 0 Å². The van der Waals surface area contributed by atoms with Gasteiger partial charge in [0.15, 0.2) is 0 Å². The van der Waals surface area contributed by atoms with E-state index in [1.165, 1.54) is 55.6 Å². The molecular weight excluding hydrogens is 504 g/mol. The lowest BCUT2D eigenvalue weighted by atomic mass is 9.78. The van der Waals surface area contributed by atoms with Crippen molar-refractivity contribution >= 4 is 0 Å². The summed E-state index contributed by atoms with van der Waals surface area (Å²) in [6, 6.07) is 43.7. The van der Waals surface area contributed by atoms with E-state index in [1.807, 2.05) is 0 Å². The molecule has 5 rings (SSSR count). The zero-order valence-corrected chi connectivity index (χ0v) is 27.5. The van der Waals surface area contributed by atoms with Crippen LogP contribution in [0.15, 0.2) is 121 Å². The maximum absolute atomic E-state index is 2.28. The van der Waals surface area contributed by atoms with Gasteiger partial charge < -0.3 is 0 Å². The molecule has 0 heteroatoms. The first-order valence-electron chi connectivity index (χ1n) is 15.1. The molecule has 5 aromatic rings. The third-order valence-corrected chi connectivity index (χ3v) is 7.90. The van der Waals surface area contributed by atoms with E-state index in [-0.39, 0.29) is 10.8 Å². The molecule has 0 amide bonds. The summed E-state index contributed by atoms with van der Waals surface area (Å²) in [5.74, 6) is 0. The van der Waals surface area contributed by atoms with Gasteiger partial charge in [0.05, 0.1) is 0 Å². The largest absolute Gasteiger partial charge is 0.0590 e. The Morgan fingerprint density at radius 3 is 0.738 bits per heavy atom. The van der Waals surface area contributed by atoms with E-state index in [0.717, 1.165) is 0 Å². The highest BCUT2D eigenvalue weighted by Gasteiger charge is 2.22. The van der Waals surface area contributed by atoms with E-state index in [2.05, 4.69) is 191 Å². The van der Waals surface area contributed by atoms with Gasteiger partial charge in [-0.05, 0) is 67.9 Å². The summed E-state index contributed by atoms with van der Waals surface area (Å²) in [6.45, 7) is 21.9. The maximum Gasteiger partial charge on any atom is 0.0146 e. The highest BCUT2D eigenvalue weighted by atomic mass is 14.3. The summed E-state index contributed by atoms with van der Waals surface area (Å²) in [5, 5.41) is 0. The number of hydrogen-bond donors (Lipinski definition) is 0. The van der Waals surface area contributed by atoms with Crippen LogP contribution in [-0.2, 0) is 10.8 Å². The van der Waals surface area contributed by atoms with Gasteiger partial charge in [-0.15, -0.1) is 0 Å². The van der Waals surface area contributed by atoms with Crippen LogP contribution in [0.2, 0.25) is 0 Å². The predicted octanol–water partition coefficient (Wildman–Crippen LogP) is 11.9.